The highest BCUT2D eigenvalue weighted by Gasteiger charge is 2.55. The molecular weight excluding hydrogens is 699 g/mol. The van der Waals surface area contributed by atoms with E-state index < -0.39 is 5.60 Å². The van der Waals surface area contributed by atoms with Gasteiger partial charge in [-0.2, -0.15) is 0 Å². The number of methoxy groups -OCH3 is 2. The molecule has 1 atom stereocenters. The number of fused-ring (bicyclic) bond motifs is 11. The van der Waals surface area contributed by atoms with Gasteiger partial charge in [0.2, 0.25) is 0 Å². The average Bonchev–Trinajstić information content (AvgIpc) is 3.47. The molecule has 7 heteroatoms. The van der Waals surface area contributed by atoms with E-state index >= 15 is 0 Å². The minimum Gasteiger partial charge on any atom is -0.497 e. The molecule has 10 rings (SSSR count). The maximum Gasteiger partial charge on any atom is 0.187 e. The largest absolute Gasteiger partial charge is 0.497 e. The Morgan fingerprint density at radius 3 is 1.98 bits per heavy atom. The van der Waals surface area contributed by atoms with E-state index in [-0.39, 0.29) is 22.5 Å². The van der Waals surface area contributed by atoms with Crippen molar-refractivity contribution in [3.8, 4) is 39.9 Å². The lowest BCUT2D eigenvalue weighted by molar-refractivity contribution is -0.0740. The number of hydrogen-bond donors (Lipinski definition) is 0. The highest BCUT2D eigenvalue weighted by molar-refractivity contribution is 6.09. The second-order valence-electron chi connectivity index (χ2n) is 18.0. The first-order valence-electron chi connectivity index (χ1n) is 20.1. The average molecular weight is 750 g/mol. The van der Waals surface area contributed by atoms with E-state index in [9.17, 15) is 0 Å². The SMILES string of the molecule is COc1ccc(C2(c3ccc(OC)cc3)C=Cc3c4c(c5cc6c(cc5c3O2)OC(N2CCOCC2)CO6)-c2ccccc2C42CC(C)(C)CC(C)(C)C2)cc1. The Hall–Kier alpha value is -4.98. The summed E-state index contributed by atoms with van der Waals surface area (Å²) < 4.78 is 38.1. The van der Waals surface area contributed by atoms with Crippen LogP contribution >= 0.6 is 0 Å². The summed E-state index contributed by atoms with van der Waals surface area (Å²) in [6, 6.07) is 30.1. The Kier molecular flexibility index (Phi) is 8.08. The smallest absolute Gasteiger partial charge is 0.187 e. The first-order valence-corrected chi connectivity index (χ1v) is 20.1. The van der Waals surface area contributed by atoms with Gasteiger partial charge in [-0.1, -0.05) is 82.3 Å². The van der Waals surface area contributed by atoms with E-state index in [4.69, 9.17) is 28.4 Å². The molecular formula is C49H51NO6. The number of rotatable bonds is 5. The van der Waals surface area contributed by atoms with E-state index in [1.54, 1.807) is 14.2 Å². The fourth-order valence-corrected chi connectivity index (χ4v) is 11.4. The first kappa shape index (κ1) is 35.4. The Morgan fingerprint density at radius 1 is 0.714 bits per heavy atom. The summed E-state index contributed by atoms with van der Waals surface area (Å²) in [7, 11) is 3.40. The third-order valence-corrected chi connectivity index (χ3v) is 13.0. The van der Waals surface area contributed by atoms with E-state index in [1.807, 2.05) is 24.3 Å². The van der Waals surface area contributed by atoms with Crippen LogP contribution in [0.3, 0.4) is 0 Å². The molecule has 0 radical (unpaired) electrons. The van der Waals surface area contributed by atoms with Crippen molar-refractivity contribution in [1.82, 2.24) is 4.90 Å². The second kappa shape index (κ2) is 12.8. The summed E-state index contributed by atoms with van der Waals surface area (Å²) in [5.41, 5.74) is 7.63. The summed E-state index contributed by atoms with van der Waals surface area (Å²) >= 11 is 0. The molecule has 1 saturated heterocycles. The van der Waals surface area contributed by atoms with Gasteiger partial charge in [-0.05, 0) is 100 Å². The summed E-state index contributed by atoms with van der Waals surface area (Å²) in [5, 5.41) is 2.14. The maximum atomic E-state index is 7.76. The lowest BCUT2D eigenvalue weighted by Crippen LogP contribution is -2.50. The van der Waals surface area contributed by atoms with E-state index in [1.165, 1.54) is 28.7 Å². The zero-order valence-electron chi connectivity index (χ0n) is 33.4. The van der Waals surface area contributed by atoms with Crippen LogP contribution in [0.25, 0.3) is 28.0 Å². The van der Waals surface area contributed by atoms with Crippen molar-refractivity contribution in [2.24, 2.45) is 10.8 Å². The quantitative estimate of drug-likeness (QED) is 0.177. The van der Waals surface area contributed by atoms with Gasteiger partial charge in [-0.15, -0.1) is 0 Å². The minimum atomic E-state index is -0.944. The van der Waals surface area contributed by atoms with Crippen LogP contribution in [0.4, 0.5) is 0 Å². The van der Waals surface area contributed by atoms with Crippen LogP contribution in [-0.4, -0.2) is 58.3 Å². The van der Waals surface area contributed by atoms with Crippen LogP contribution in [0.5, 0.6) is 28.7 Å². The van der Waals surface area contributed by atoms with Crippen molar-refractivity contribution in [2.75, 3.05) is 47.1 Å². The van der Waals surface area contributed by atoms with E-state index in [0.29, 0.717) is 19.8 Å². The molecule has 3 heterocycles. The van der Waals surface area contributed by atoms with Crippen molar-refractivity contribution in [3.05, 3.63) is 119 Å². The van der Waals surface area contributed by atoms with Crippen molar-refractivity contribution in [1.29, 1.82) is 0 Å². The second-order valence-corrected chi connectivity index (χ2v) is 18.0. The molecule has 7 nitrogen and oxygen atoms in total. The molecule has 2 aliphatic carbocycles. The van der Waals surface area contributed by atoms with Gasteiger partial charge in [0.05, 0.1) is 27.4 Å². The van der Waals surface area contributed by atoms with Crippen LogP contribution in [0.2, 0.25) is 0 Å². The number of morpholine rings is 1. The fraction of sp³-hybridized carbons (Fsp3) is 0.388. The molecule has 3 aliphatic heterocycles. The van der Waals surface area contributed by atoms with Gasteiger partial charge in [-0.3, -0.25) is 4.90 Å². The fourth-order valence-electron chi connectivity index (χ4n) is 11.4. The molecule has 56 heavy (non-hydrogen) atoms. The number of ether oxygens (including phenoxy) is 6. The molecule has 1 saturated carbocycles. The van der Waals surface area contributed by atoms with Crippen LogP contribution in [0, 0.1) is 10.8 Å². The lowest BCUT2D eigenvalue weighted by atomic mass is 9.52. The third kappa shape index (κ3) is 5.45. The Balaban J connectivity index is 1.26. The topological polar surface area (TPSA) is 58.6 Å². The molecule has 1 spiro atoms. The Labute approximate surface area is 330 Å². The molecule has 0 aromatic heterocycles. The number of benzene rings is 5. The van der Waals surface area contributed by atoms with Crippen LogP contribution < -0.4 is 23.7 Å². The summed E-state index contributed by atoms with van der Waals surface area (Å²) in [6.45, 7) is 13.3. The third-order valence-electron chi connectivity index (χ3n) is 13.0. The zero-order valence-corrected chi connectivity index (χ0v) is 33.4. The van der Waals surface area contributed by atoms with E-state index in [0.717, 1.165) is 82.1 Å². The molecule has 288 valence electrons. The highest BCUT2D eigenvalue weighted by Crippen LogP contribution is 2.67. The predicted octanol–water partition coefficient (Wildman–Crippen LogP) is 10.1. The lowest BCUT2D eigenvalue weighted by Gasteiger charge is -2.52. The summed E-state index contributed by atoms with van der Waals surface area (Å²) in [4.78, 5) is 2.32. The van der Waals surface area contributed by atoms with Gasteiger partial charge in [0, 0.05) is 40.6 Å². The summed E-state index contributed by atoms with van der Waals surface area (Å²) in [5.74, 6) is 3.96. The van der Waals surface area contributed by atoms with Gasteiger partial charge in [0.25, 0.3) is 0 Å². The molecule has 5 aliphatic rings. The standard InChI is InChI=1S/C49H51NO6/c1-46(2)28-47(3,4)30-48(29-46)39-10-8-7-9-35(39)43-37-25-40-41(55-42(27-54-40)50-21-23-53-24-22-50)26-38(37)45-36(44(43)48)19-20-49(56-45,31-11-15-33(51-5)16-12-31)32-13-17-34(52-6)18-14-32/h7-20,25-26,42H,21-24,27-30H2,1-6H3. The van der Waals surface area contributed by atoms with Crippen LogP contribution in [0.1, 0.15) is 74.8 Å². The molecule has 0 N–H and O–H groups in total. The molecule has 2 fully saturated rings. The Morgan fingerprint density at radius 2 is 1.34 bits per heavy atom. The van der Waals surface area contributed by atoms with Crippen molar-refractivity contribution in [3.63, 3.8) is 0 Å². The zero-order chi connectivity index (χ0) is 38.5. The predicted molar refractivity (Wildman–Crippen MR) is 220 cm³/mol. The molecule has 5 aromatic rings. The van der Waals surface area contributed by atoms with Gasteiger partial charge in [0.15, 0.2) is 23.3 Å². The van der Waals surface area contributed by atoms with Gasteiger partial charge in [0.1, 0.15) is 23.9 Å². The molecule has 1 unspecified atom stereocenters. The number of nitrogens with zero attached hydrogens (tertiary/aromatic N) is 1. The van der Waals surface area contributed by atoms with Crippen LogP contribution in [-0.2, 0) is 15.8 Å². The number of hydrogen-bond acceptors (Lipinski definition) is 7. The van der Waals surface area contributed by atoms with Gasteiger partial charge in [-0.25, -0.2) is 0 Å². The van der Waals surface area contributed by atoms with Crippen LogP contribution in [0.15, 0.2) is 91.0 Å². The molecule has 5 aromatic carbocycles. The monoisotopic (exact) mass is 749 g/mol. The molecule has 0 bridgehead atoms. The summed E-state index contributed by atoms with van der Waals surface area (Å²) in [6.07, 6.45) is 7.71. The van der Waals surface area contributed by atoms with Gasteiger partial charge < -0.3 is 28.4 Å². The van der Waals surface area contributed by atoms with Crippen molar-refractivity contribution >= 4 is 16.8 Å². The Bertz CT molecular complexity index is 2310. The van der Waals surface area contributed by atoms with Gasteiger partial charge >= 0.3 is 0 Å². The normalized spacial score (nSPS) is 22.1. The molecule has 0 amide bonds. The minimum absolute atomic E-state index is 0.120. The van der Waals surface area contributed by atoms with E-state index in [2.05, 4.69) is 105 Å². The van der Waals surface area contributed by atoms with Crippen molar-refractivity contribution in [2.45, 2.75) is 64.2 Å². The van der Waals surface area contributed by atoms with Crippen molar-refractivity contribution < 1.29 is 28.4 Å². The first-order chi connectivity index (χ1) is 27.0. The maximum absolute atomic E-state index is 7.76. The highest BCUT2D eigenvalue weighted by atomic mass is 16.6.